The van der Waals surface area contributed by atoms with E-state index in [-0.39, 0.29) is 0 Å². The third kappa shape index (κ3) is 3.22. The Hall–Kier alpha value is -1.06. The first kappa shape index (κ1) is 10.5. The molecular weight excluding hydrogens is 190 g/mol. The highest BCUT2D eigenvalue weighted by molar-refractivity contribution is 5.44. The van der Waals surface area contributed by atoms with Crippen LogP contribution in [0.1, 0.15) is 5.56 Å². The van der Waals surface area contributed by atoms with Crippen LogP contribution < -0.4 is 5.32 Å². The molecule has 1 saturated heterocycles. The van der Waals surface area contributed by atoms with E-state index in [0.29, 0.717) is 6.10 Å². The summed E-state index contributed by atoms with van der Waals surface area (Å²) in [4.78, 5) is 0. The molecule has 1 aromatic carbocycles. The van der Waals surface area contributed by atoms with Crippen molar-refractivity contribution in [3.05, 3.63) is 29.8 Å². The number of nitrogens with one attached hydrogen (secondary N) is 1. The lowest BCUT2D eigenvalue weighted by atomic mass is 10.2. The van der Waals surface area contributed by atoms with Crippen molar-refractivity contribution in [1.82, 2.24) is 0 Å². The molecule has 15 heavy (non-hydrogen) atoms. The highest BCUT2D eigenvalue weighted by Crippen LogP contribution is 2.08. The average Bonchev–Trinajstić information content (AvgIpc) is 2.18. The van der Waals surface area contributed by atoms with Gasteiger partial charge in [-0.2, -0.15) is 0 Å². The van der Waals surface area contributed by atoms with E-state index < -0.39 is 0 Å². The van der Waals surface area contributed by atoms with Gasteiger partial charge in [0.25, 0.3) is 0 Å². The van der Waals surface area contributed by atoms with E-state index in [9.17, 15) is 0 Å². The van der Waals surface area contributed by atoms with E-state index in [2.05, 4.69) is 36.5 Å². The lowest BCUT2D eigenvalue weighted by molar-refractivity contribution is -0.127. The van der Waals surface area contributed by atoms with Gasteiger partial charge in [-0.3, -0.25) is 0 Å². The number of hydrogen-bond donors (Lipinski definition) is 1. The SMILES string of the molecule is Cc1ccc(NCCOC2COC2)cc1. The molecule has 0 saturated carbocycles. The fourth-order valence-electron chi connectivity index (χ4n) is 1.40. The van der Waals surface area contributed by atoms with Gasteiger partial charge >= 0.3 is 0 Å². The molecule has 1 aromatic rings. The largest absolute Gasteiger partial charge is 0.383 e. The van der Waals surface area contributed by atoms with E-state index in [4.69, 9.17) is 9.47 Å². The predicted molar refractivity (Wildman–Crippen MR) is 60.2 cm³/mol. The van der Waals surface area contributed by atoms with Crippen molar-refractivity contribution in [3.8, 4) is 0 Å². The summed E-state index contributed by atoms with van der Waals surface area (Å²) >= 11 is 0. The van der Waals surface area contributed by atoms with E-state index in [1.165, 1.54) is 5.56 Å². The Morgan fingerprint density at radius 3 is 2.67 bits per heavy atom. The molecule has 0 aromatic heterocycles. The van der Waals surface area contributed by atoms with Crippen molar-refractivity contribution >= 4 is 5.69 Å². The van der Waals surface area contributed by atoms with Crippen LogP contribution in [-0.2, 0) is 9.47 Å². The molecule has 0 aliphatic carbocycles. The maximum absolute atomic E-state index is 5.54. The van der Waals surface area contributed by atoms with Gasteiger partial charge in [-0.15, -0.1) is 0 Å². The van der Waals surface area contributed by atoms with Gasteiger partial charge in [0.2, 0.25) is 0 Å². The minimum absolute atomic E-state index is 0.324. The summed E-state index contributed by atoms with van der Waals surface area (Å²) in [6.45, 7) is 5.18. The minimum Gasteiger partial charge on any atom is -0.383 e. The Labute approximate surface area is 90.4 Å². The van der Waals surface area contributed by atoms with Crippen LogP contribution >= 0.6 is 0 Å². The number of ether oxygens (including phenoxy) is 2. The molecule has 0 radical (unpaired) electrons. The first-order chi connectivity index (χ1) is 7.34. The molecule has 0 amide bonds. The Morgan fingerprint density at radius 2 is 2.07 bits per heavy atom. The Morgan fingerprint density at radius 1 is 1.33 bits per heavy atom. The summed E-state index contributed by atoms with van der Waals surface area (Å²) < 4.78 is 10.6. The molecular formula is C12H17NO2. The highest BCUT2D eigenvalue weighted by atomic mass is 16.6. The second kappa shape index (κ2) is 5.14. The van der Waals surface area contributed by atoms with Gasteiger partial charge in [-0.25, -0.2) is 0 Å². The second-order valence-electron chi connectivity index (χ2n) is 3.82. The summed E-state index contributed by atoms with van der Waals surface area (Å²) in [6, 6.07) is 8.37. The molecule has 2 rings (SSSR count). The van der Waals surface area contributed by atoms with Gasteiger partial charge < -0.3 is 14.8 Å². The zero-order valence-corrected chi connectivity index (χ0v) is 9.03. The molecule has 3 heteroatoms. The molecule has 0 spiro atoms. The summed E-state index contributed by atoms with van der Waals surface area (Å²) in [5.41, 5.74) is 2.43. The first-order valence-corrected chi connectivity index (χ1v) is 5.34. The predicted octanol–water partition coefficient (Wildman–Crippen LogP) is 1.82. The fourth-order valence-corrected chi connectivity index (χ4v) is 1.40. The van der Waals surface area contributed by atoms with Crippen LogP contribution in [-0.4, -0.2) is 32.5 Å². The lowest BCUT2D eigenvalue weighted by Gasteiger charge is -2.26. The first-order valence-electron chi connectivity index (χ1n) is 5.34. The van der Waals surface area contributed by atoms with Crippen LogP contribution in [0.25, 0.3) is 0 Å². The molecule has 1 aliphatic rings. The monoisotopic (exact) mass is 207 g/mol. The summed E-state index contributed by atoms with van der Waals surface area (Å²) in [5.74, 6) is 0. The Bertz CT molecular complexity index is 293. The van der Waals surface area contributed by atoms with Gasteiger partial charge in [0.15, 0.2) is 0 Å². The van der Waals surface area contributed by atoms with E-state index in [0.717, 1.165) is 32.1 Å². The smallest absolute Gasteiger partial charge is 0.104 e. The zero-order valence-electron chi connectivity index (χ0n) is 9.03. The summed E-state index contributed by atoms with van der Waals surface area (Å²) in [6.07, 6.45) is 0.324. The fraction of sp³-hybridized carbons (Fsp3) is 0.500. The van der Waals surface area contributed by atoms with Crippen LogP contribution in [0.15, 0.2) is 24.3 Å². The Balaban J connectivity index is 1.62. The average molecular weight is 207 g/mol. The van der Waals surface area contributed by atoms with Crippen LogP contribution in [0.3, 0.4) is 0 Å². The number of anilines is 1. The summed E-state index contributed by atoms with van der Waals surface area (Å²) in [7, 11) is 0. The van der Waals surface area contributed by atoms with Gasteiger partial charge in [0.1, 0.15) is 6.10 Å². The highest BCUT2D eigenvalue weighted by Gasteiger charge is 2.17. The topological polar surface area (TPSA) is 30.5 Å². The summed E-state index contributed by atoms with van der Waals surface area (Å²) in [5, 5.41) is 3.31. The molecule has 0 atom stereocenters. The molecule has 1 heterocycles. The van der Waals surface area contributed by atoms with E-state index >= 15 is 0 Å². The third-order valence-electron chi connectivity index (χ3n) is 2.44. The van der Waals surface area contributed by atoms with Gasteiger partial charge in [0.05, 0.1) is 19.8 Å². The second-order valence-corrected chi connectivity index (χ2v) is 3.82. The normalized spacial score (nSPS) is 16.1. The quantitative estimate of drug-likeness (QED) is 0.747. The maximum Gasteiger partial charge on any atom is 0.104 e. The molecule has 1 aliphatic heterocycles. The molecule has 0 bridgehead atoms. The van der Waals surface area contributed by atoms with Crippen LogP contribution in [0, 0.1) is 6.92 Å². The zero-order chi connectivity index (χ0) is 10.5. The van der Waals surface area contributed by atoms with Crippen LogP contribution in [0.2, 0.25) is 0 Å². The van der Waals surface area contributed by atoms with Crippen molar-refractivity contribution < 1.29 is 9.47 Å². The van der Waals surface area contributed by atoms with Crippen molar-refractivity contribution in [2.24, 2.45) is 0 Å². The van der Waals surface area contributed by atoms with Crippen LogP contribution in [0.4, 0.5) is 5.69 Å². The molecule has 3 nitrogen and oxygen atoms in total. The minimum atomic E-state index is 0.324. The van der Waals surface area contributed by atoms with E-state index in [1.807, 2.05) is 0 Å². The van der Waals surface area contributed by atoms with Crippen molar-refractivity contribution in [3.63, 3.8) is 0 Å². The third-order valence-corrected chi connectivity index (χ3v) is 2.44. The number of hydrogen-bond acceptors (Lipinski definition) is 3. The Kier molecular flexibility index (Phi) is 3.59. The van der Waals surface area contributed by atoms with Crippen molar-refractivity contribution in [2.45, 2.75) is 13.0 Å². The molecule has 0 unspecified atom stereocenters. The molecule has 82 valence electrons. The van der Waals surface area contributed by atoms with Gasteiger partial charge in [-0.1, -0.05) is 17.7 Å². The molecule has 1 N–H and O–H groups in total. The lowest BCUT2D eigenvalue weighted by Crippen LogP contribution is -2.37. The number of aryl methyl sites for hydroxylation is 1. The number of rotatable bonds is 5. The van der Waals surface area contributed by atoms with Crippen molar-refractivity contribution in [2.75, 3.05) is 31.7 Å². The standard InChI is InChI=1S/C12H17NO2/c1-10-2-4-11(5-3-10)13-6-7-15-12-8-14-9-12/h2-5,12-13H,6-9H2,1H3. The van der Waals surface area contributed by atoms with Gasteiger partial charge in [-0.05, 0) is 19.1 Å². The molecule has 1 fully saturated rings. The number of benzene rings is 1. The van der Waals surface area contributed by atoms with E-state index in [1.54, 1.807) is 0 Å². The van der Waals surface area contributed by atoms with Crippen LogP contribution in [0.5, 0.6) is 0 Å². The van der Waals surface area contributed by atoms with Crippen molar-refractivity contribution in [1.29, 1.82) is 0 Å². The van der Waals surface area contributed by atoms with Gasteiger partial charge in [0, 0.05) is 12.2 Å². The maximum atomic E-state index is 5.54.